The SMILES string of the molecule is Cc1ccc(NC(=O)COC(=O)c2sc(-c3ccc(F)cc3)nc2C)c(Cl)c1. The molecule has 0 aliphatic rings. The molecule has 0 unspecified atom stereocenters. The Labute approximate surface area is 170 Å². The Kier molecular flexibility index (Phi) is 6.06. The molecule has 0 saturated carbocycles. The van der Waals surface area contributed by atoms with Crippen molar-refractivity contribution in [2.24, 2.45) is 0 Å². The van der Waals surface area contributed by atoms with Crippen molar-refractivity contribution in [3.63, 3.8) is 0 Å². The van der Waals surface area contributed by atoms with Crippen LogP contribution in [-0.4, -0.2) is 23.5 Å². The first-order chi connectivity index (χ1) is 13.3. The first kappa shape index (κ1) is 20.0. The molecule has 1 aromatic heterocycles. The molecule has 28 heavy (non-hydrogen) atoms. The molecule has 0 aliphatic heterocycles. The molecular weight excluding hydrogens is 403 g/mol. The average molecular weight is 419 g/mol. The second-order valence-corrected chi connectivity index (χ2v) is 7.45. The number of aryl methyl sites for hydroxylation is 2. The van der Waals surface area contributed by atoms with Gasteiger partial charge in [-0.2, -0.15) is 0 Å². The van der Waals surface area contributed by atoms with Crippen molar-refractivity contribution in [3.05, 3.63) is 69.4 Å². The van der Waals surface area contributed by atoms with Gasteiger partial charge in [-0.05, 0) is 55.8 Å². The van der Waals surface area contributed by atoms with E-state index in [1.807, 2.05) is 13.0 Å². The minimum atomic E-state index is -0.645. The van der Waals surface area contributed by atoms with Crippen LogP contribution >= 0.6 is 22.9 Å². The van der Waals surface area contributed by atoms with Gasteiger partial charge in [0, 0.05) is 5.56 Å². The van der Waals surface area contributed by atoms with Crippen molar-refractivity contribution >= 4 is 40.5 Å². The minimum Gasteiger partial charge on any atom is -0.451 e. The maximum absolute atomic E-state index is 13.1. The van der Waals surface area contributed by atoms with Crippen molar-refractivity contribution < 1.29 is 18.7 Å². The summed E-state index contributed by atoms with van der Waals surface area (Å²) in [6.45, 7) is 3.11. The normalized spacial score (nSPS) is 10.6. The minimum absolute atomic E-state index is 0.292. The van der Waals surface area contributed by atoms with E-state index in [1.165, 1.54) is 12.1 Å². The maximum atomic E-state index is 13.1. The molecule has 0 saturated heterocycles. The van der Waals surface area contributed by atoms with E-state index in [0.29, 0.717) is 31.9 Å². The lowest BCUT2D eigenvalue weighted by atomic mass is 10.2. The zero-order valence-corrected chi connectivity index (χ0v) is 16.7. The van der Waals surface area contributed by atoms with Crippen molar-refractivity contribution in [1.29, 1.82) is 0 Å². The van der Waals surface area contributed by atoms with Crippen LogP contribution in [0.15, 0.2) is 42.5 Å². The molecule has 5 nitrogen and oxygen atoms in total. The third-order valence-electron chi connectivity index (χ3n) is 3.81. The van der Waals surface area contributed by atoms with Crippen molar-refractivity contribution in [2.75, 3.05) is 11.9 Å². The van der Waals surface area contributed by atoms with Crippen molar-refractivity contribution in [1.82, 2.24) is 4.98 Å². The molecule has 0 atom stereocenters. The fourth-order valence-corrected chi connectivity index (χ4v) is 3.65. The van der Waals surface area contributed by atoms with Gasteiger partial charge in [-0.3, -0.25) is 4.79 Å². The Balaban J connectivity index is 1.63. The lowest BCUT2D eigenvalue weighted by Crippen LogP contribution is -2.21. The smallest absolute Gasteiger partial charge is 0.350 e. The van der Waals surface area contributed by atoms with Crippen LogP contribution in [0, 0.1) is 19.7 Å². The number of hydrogen-bond donors (Lipinski definition) is 1. The van der Waals surface area contributed by atoms with Gasteiger partial charge in [0.25, 0.3) is 5.91 Å². The number of aromatic nitrogens is 1. The molecule has 3 rings (SSSR count). The number of esters is 1. The van der Waals surface area contributed by atoms with E-state index in [1.54, 1.807) is 31.2 Å². The van der Waals surface area contributed by atoms with Gasteiger partial charge in [-0.25, -0.2) is 14.2 Å². The van der Waals surface area contributed by atoms with Gasteiger partial charge in [0.2, 0.25) is 0 Å². The van der Waals surface area contributed by atoms with E-state index in [-0.39, 0.29) is 5.82 Å². The van der Waals surface area contributed by atoms with Crippen LogP contribution < -0.4 is 5.32 Å². The van der Waals surface area contributed by atoms with Gasteiger partial charge >= 0.3 is 5.97 Å². The Morgan fingerprint density at radius 1 is 1.18 bits per heavy atom. The maximum Gasteiger partial charge on any atom is 0.350 e. The predicted molar refractivity (Wildman–Crippen MR) is 107 cm³/mol. The molecule has 2 aromatic carbocycles. The molecule has 0 radical (unpaired) electrons. The number of thiazole rings is 1. The number of halogens is 2. The summed E-state index contributed by atoms with van der Waals surface area (Å²) in [5.74, 6) is -1.50. The van der Waals surface area contributed by atoms with Crippen LogP contribution in [-0.2, 0) is 9.53 Å². The van der Waals surface area contributed by atoms with E-state index in [4.69, 9.17) is 16.3 Å². The van der Waals surface area contributed by atoms with Crippen LogP contribution in [0.1, 0.15) is 20.9 Å². The summed E-state index contributed by atoms with van der Waals surface area (Å²) in [5.41, 5.74) is 2.59. The Bertz CT molecular complexity index is 1030. The summed E-state index contributed by atoms with van der Waals surface area (Å²) in [6.07, 6.45) is 0. The molecule has 3 aromatic rings. The summed E-state index contributed by atoms with van der Waals surface area (Å²) >= 11 is 7.20. The van der Waals surface area contributed by atoms with Gasteiger partial charge in [0.05, 0.1) is 16.4 Å². The van der Waals surface area contributed by atoms with Gasteiger partial charge in [-0.15, -0.1) is 11.3 Å². The number of carbonyl (C=O) groups excluding carboxylic acids is 2. The highest BCUT2D eigenvalue weighted by Gasteiger charge is 2.19. The highest BCUT2D eigenvalue weighted by atomic mass is 35.5. The summed E-state index contributed by atoms with van der Waals surface area (Å²) in [7, 11) is 0. The number of amides is 1. The quantitative estimate of drug-likeness (QED) is 0.591. The molecule has 0 aliphatic carbocycles. The largest absolute Gasteiger partial charge is 0.451 e. The van der Waals surface area contributed by atoms with E-state index >= 15 is 0 Å². The number of nitrogens with zero attached hydrogens (tertiary/aromatic N) is 1. The first-order valence-electron chi connectivity index (χ1n) is 8.30. The predicted octanol–water partition coefficient (Wildman–Crippen LogP) is 5.01. The number of benzene rings is 2. The van der Waals surface area contributed by atoms with Gasteiger partial charge in [0.15, 0.2) is 6.61 Å². The first-order valence-corrected chi connectivity index (χ1v) is 9.49. The summed E-state index contributed by atoms with van der Waals surface area (Å²) < 4.78 is 18.1. The van der Waals surface area contributed by atoms with E-state index in [0.717, 1.165) is 16.9 Å². The monoisotopic (exact) mass is 418 g/mol. The van der Waals surface area contributed by atoms with E-state index in [2.05, 4.69) is 10.3 Å². The van der Waals surface area contributed by atoms with Crippen molar-refractivity contribution in [3.8, 4) is 10.6 Å². The highest BCUT2D eigenvalue weighted by Crippen LogP contribution is 2.28. The standard InChI is InChI=1S/C20H16ClFN2O3S/c1-11-3-8-16(15(21)9-11)24-17(25)10-27-20(26)18-12(2)23-19(28-18)13-4-6-14(22)7-5-13/h3-9H,10H2,1-2H3,(H,24,25). The van der Waals surface area contributed by atoms with Gasteiger partial charge in [-0.1, -0.05) is 17.7 Å². The zero-order chi connectivity index (χ0) is 20.3. The molecule has 1 heterocycles. The van der Waals surface area contributed by atoms with Gasteiger partial charge < -0.3 is 10.1 Å². The fraction of sp³-hybridized carbons (Fsp3) is 0.150. The zero-order valence-electron chi connectivity index (χ0n) is 15.1. The summed E-state index contributed by atoms with van der Waals surface area (Å²) in [5, 5.41) is 3.57. The number of anilines is 1. The summed E-state index contributed by atoms with van der Waals surface area (Å²) in [6, 6.07) is 11.0. The number of carbonyl (C=O) groups is 2. The third-order valence-corrected chi connectivity index (χ3v) is 5.31. The number of nitrogens with one attached hydrogen (secondary N) is 1. The molecule has 0 bridgehead atoms. The number of hydrogen-bond acceptors (Lipinski definition) is 5. The molecule has 0 spiro atoms. The van der Waals surface area contributed by atoms with Gasteiger partial charge in [0.1, 0.15) is 15.7 Å². The highest BCUT2D eigenvalue weighted by molar-refractivity contribution is 7.17. The topological polar surface area (TPSA) is 68.3 Å². The second kappa shape index (κ2) is 8.50. The van der Waals surface area contributed by atoms with Crippen LogP contribution in [0.3, 0.4) is 0 Å². The lowest BCUT2D eigenvalue weighted by Gasteiger charge is -2.08. The van der Waals surface area contributed by atoms with Crippen LogP contribution in [0.4, 0.5) is 10.1 Å². The van der Waals surface area contributed by atoms with Crippen LogP contribution in [0.5, 0.6) is 0 Å². The Hall–Kier alpha value is -2.77. The third kappa shape index (κ3) is 4.74. The molecule has 0 fully saturated rings. The molecule has 1 N–H and O–H groups in total. The lowest BCUT2D eigenvalue weighted by molar-refractivity contribution is -0.119. The molecule has 144 valence electrons. The van der Waals surface area contributed by atoms with Crippen LogP contribution in [0.2, 0.25) is 5.02 Å². The number of rotatable bonds is 5. The fourth-order valence-electron chi connectivity index (χ4n) is 2.41. The Morgan fingerprint density at radius 2 is 1.89 bits per heavy atom. The van der Waals surface area contributed by atoms with E-state index in [9.17, 15) is 14.0 Å². The molecule has 8 heteroatoms. The second-order valence-electron chi connectivity index (χ2n) is 6.05. The Morgan fingerprint density at radius 3 is 2.57 bits per heavy atom. The molecular formula is C20H16ClFN2O3S. The summed E-state index contributed by atoms with van der Waals surface area (Å²) in [4.78, 5) is 29.0. The van der Waals surface area contributed by atoms with Crippen LogP contribution in [0.25, 0.3) is 10.6 Å². The average Bonchev–Trinajstić information content (AvgIpc) is 3.04. The number of ether oxygens (including phenoxy) is 1. The van der Waals surface area contributed by atoms with Crippen molar-refractivity contribution in [2.45, 2.75) is 13.8 Å². The van der Waals surface area contributed by atoms with E-state index < -0.39 is 18.5 Å². The molecule has 1 amide bonds.